The lowest BCUT2D eigenvalue weighted by Gasteiger charge is -2.24. The second kappa shape index (κ2) is 4.86. The summed E-state index contributed by atoms with van der Waals surface area (Å²) in [6.45, 7) is 6.95. The van der Waals surface area contributed by atoms with Crippen LogP contribution in [0, 0.1) is 5.92 Å². The molecule has 18 heavy (non-hydrogen) atoms. The molecule has 0 amide bonds. The number of halogens is 3. The van der Waals surface area contributed by atoms with Crippen molar-refractivity contribution in [2.75, 3.05) is 13.1 Å². The first kappa shape index (κ1) is 14.5. The van der Waals surface area contributed by atoms with Gasteiger partial charge < -0.3 is 0 Å². The summed E-state index contributed by atoms with van der Waals surface area (Å²) < 4.78 is 0. The Balaban J connectivity index is 0.00000120. The number of piperidine rings is 1. The van der Waals surface area contributed by atoms with Gasteiger partial charge in [-0.25, -0.2) is 0 Å². The van der Waals surface area contributed by atoms with Crippen molar-refractivity contribution in [3.05, 3.63) is 33.8 Å². The highest BCUT2D eigenvalue weighted by molar-refractivity contribution is 6.42. The lowest BCUT2D eigenvalue weighted by molar-refractivity contribution is 0.243. The van der Waals surface area contributed by atoms with Crippen LogP contribution in [0.15, 0.2) is 18.2 Å². The summed E-state index contributed by atoms with van der Waals surface area (Å²) in [6, 6.07) is 6.79. The zero-order valence-electron chi connectivity index (χ0n) is 10.6. The molecule has 1 heterocycles. The minimum absolute atomic E-state index is 0. The number of fused-ring (bicyclic) bond motifs is 1. The number of hydrogen-bond donors (Lipinski definition) is 0. The molecule has 1 aromatic carbocycles. The van der Waals surface area contributed by atoms with Crippen LogP contribution >= 0.6 is 35.6 Å². The normalized spacial score (nSPS) is 30.2. The SMILES string of the molecule is CC(C)N1C[C@@H]2C[C@]2(c2ccc(Cl)c(Cl)c2)C1.Cl. The Morgan fingerprint density at radius 1 is 1.28 bits per heavy atom. The van der Waals surface area contributed by atoms with E-state index in [1.807, 2.05) is 6.07 Å². The minimum Gasteiger partial charge on any atom is -0.300 e. The van der Waals surface area contributed by atoms with Crippen molar-refractivity contribution in [3.8, 4) is 0 Å². The maximum absolute atomic E-state index is 6.13. The topological polar surface area (TPSA) is 3.24 Å². The molecule has 0 N–H and O–H groups in total. The first-order chi connectivity index (χ1) is 8.03. The van der Waals surface area contributed by atoms with Crippen LogP contribution in [-0.2, 0) is 5.41 Å². The first-order valence-corrected chi connectivity index (χ1v) is 6.98. The van der Waals surface area contributed by atoms with Crippen molar-refractivity contribution in [1.82, 2.24) is 4.90 Å². The average molecular weight is 307 g/mol. The molecule has 0 aromatic heterocycles. The predicted octanol–water partition coefficient (Wildman–Crippen LogP) is 4.40. The molecule has 4 heteroatoms. The Morgan fingerprint density at radius 3 is 2.56 bits per heavy atom. The molecular formula is C14H18Cl3N. The van der Waals surface area contributed by atoms with Crippen LogP contribution in [0.3, 0.4) is 0 Å². The molecule has 100 valence electrons. The molecule has 1 aliphatic carbocycles. The van der Waals surface area contributed by atoms with E-state index < -0.39 is 0 Å². The van der Waals surface area contributed by atoms with E-state index in [0.29, 0.717) is 21.5 Å². The van der Waals surface area contributed by atoms with Gasteiger partial charge in [-0.1, -0.05) is 29.3 Å². The molecule has 3 rings (SSSR count). The Bertz CT molecular complexity index is 460. The fourth-order valence-corrected chi connectivity index (χ4v) is 3.47. The molecular weight excluding hydrogens is 289 g/mol. The van der Waals surface area contributed by atoms with Crippen LogP contribution < -0.4 is 0 Å². The second-order valence-corrected chi connectivity index (χ2v) is 6.52. The van der Waals surface area contributed by atoms with Gasteiger partial charge in [0.1, 0.15) is 0 Å². The maximum Gasteiger partial charge on any atom is 0.0595 e. The quantitative estimate of drug-likeness (QED) is 0.783. The van der Waals surface area contributed by atoms with Gasteiger partial charge in [0, 0.05) is 24.5 Å². The summed E-state index contributed by atoms with van der Waals surface area (Å²) in [6.07, 6.45) is 1.31. The molecule has 1 aliphatic heterocycles. The molecule has 2 aliphatic rings. The zero-order valence-corrected chi connectivity index (χ0v) is 12.9. The van der Waals surface area contributed by atoms with Crippen molar-refractivity contribution in [3.63, 3.8) is 0 Å². The van der Waals surface area contributed by atoms with E-state index >= 15 is 0 Å². The van der Waals surface area contributed by atoms with E-state index in [4.69, 9.17) is 23.2 Å². The summed E-state index contributed by atoms with van der Waals surface area (Å²) >= 11 is 12.1. The van der Waals surface area contributed by atoms with E-state index in [-0.39, 0.29) is 12.4 Å². The predicted molar refractivity (Wildman–Crippen MR) is 80.2 cm³/mol. The van der Waals surface area contributed by atoms with Crippen LogP contribution in [-0.4, -0.2) is 24.0 Å². The van der Waals surface area contributed by atoms with Gasteiger partial charge in [0.25, 0.3) is 0 Å². The van der Waals surface area contributed by atoms with Crippen molar-refractivity contribution < 1.29 is 0 Å². The highest BCUT2D eigenvalue weighted by Gasteiger charge is 2.60. The van der Waals surface area contributed by atoms with Crippen LogP contribution in [0.2, 0.25) is 10.0 Å². The van der Waals surface area contributed by atoms with E-state index in [2.05, 4.69) is 30.9 Å². The molecule has 1 saturated heterocycles. The smallest absolute Gasteiger partial charge is 0.0595 e. The molecule has 0 bridgehead atoms. The zero-order chi connectivity index (χ0) is 12.2. The summed E-state index contributed by atoms with van der Waals surface area (Å²) in [4.78, 5) is 2.57. The highest BCUT2D eigenvalue weighted by Crippen LogP contribution is 2.59. The third kappa shape index (κ3) is 2.16. The third-order valence-corrected chi connectivity index (χ3v) is 5.14. The average Bonchev–Trinajstić information content (AvgIpc) is 2.85. The lowest BCUT2D eigenvalue weighted by Crippen LogP contribution is -2.32. The van der Waals surface area contributed by atoms with E-state index in [0.717, 1.165) is 5.92 Å². The summed E-state index contributed by atoms with van der Waals surface area (Å²) in [7, 11) is 0. The van der Waals surface area contributed by atoms with Crippen molar-refractivity contribution in [2.24, 2.45) is 5.92 Å². The lowest BCUT2D eigenvalue weighted by atomic mass is 9.95. The van der Waals surface area contributed by atoms with Crippen molar-refractivity contribution in [2.45, 2.75) is 31.7 Å². The van der Waals surface area contributed by atoms with Crippen LogP contribution in [0.5, 0.6) is 0 Å². The maximum atomic E-state index is 6.13. The molecule has 1 nitrogen and oxygen atoms in total. The number of likely N-dealkylation sites (tertiary alicyclic amines) is 1. The van der Waals surface area contributed by atoms with Gasteiger partial charge in [0.05, 0.1) is 10.0 Å². The van der Waals surface area contributed by atoms with Crippen LogP contribution in [0.4, 0.5) is 0 Å². The number of rotatable bonds is 2. The van der Waals surface area contributed by atoms with E-state index in [9.17, 15) is 0 Å². The monoisotopic (exact) mass is 305 g/mol. The van der Waals surface area contributed by atoms with Gasteiger partial charge >= 0.3 is 0 Å². The summed E-state index contributed by atoms with van der Waals surface area (Å²) in [5.74, 6) is 0.821. The minimum atomic E-state index is 0. The molecule has 1 saturated carbocycles. The largest absolute Gasteiger partial charge is 0.300 e. The number of nitrogens with zero attached hydrogens (tertiary/aromatic N) is 1. The highest BCUT2D eigenvalue weighted by atomic mass is 35.5. The third-order valence-electron chi connectivity index (χ3n) is 4.40. The first-order valence-electron chi connectivity index (χ1n) is 6.22. The standard InChI is InChI=1S/C14H17Cl2N.ClH/c1-9(2)17-7-11-6-14(11,8-17)10-3-4-12(15)13(16)5-10;/h3-5,9,11H,6-8H2,1-2H3;1H/t11-,14+;/m0./s1. The van der Waals surface area contributed by atoms with E-state index in [1.165, 1.54) is 25.1 Å². The Kier molecular flexibility index (Phi) is 3.91. The Labute approximate surface area is 125 Å². The second-order valence-electron chi connectivity index (χ2n) is 5.71. The molecule has 0 spiro atoms. The Hall–Kier alpha value is 0.0500. The molecule has 2 fully saturated rings. The summed E-state index contributed by atoms with van der Waals surface area (Å²) in [5.41, 5.74) is 1.75. The van der Waals surface area contributed by atoms with Gasteiger partial charge in [0.15, 0.2) is 0 Å². The van der Waals surface area contributed by atoms with Crippen molar-refractivity contribution in [1.29, 1.82) is 0 Å². The van der Waals surface area contributed by atoms with Crippen molar-refractivity contribution >= 4 is 35.6 Å². The van der Waals surface area contributed by atoms with Gasteiger partial charge in [0.2, 0.25) is 0 Å². The number of hydrogen-bond acceptors (Lipinski definition) is 1. The van der Waals surface area contributed by atoms with Crippen LogP contribution in [0.25, 0.3) is 0 Å². The van der Waals surface area contributed by atoms with Gasteiger partial charge in [-0.2, -0.15) is 0 Å². The fraction of sp³-hybridized carbons (Fsp3) is 0.571. The molecule has 0 radical (unpaired) electrons. The number of benzene rings is 1. The van der Waals surface area contributed by atoms with Gasteiger partial charge in [-0.15, -0.1) is 12.4 Å². The van der Waals surface area contributed by atoms with E-state index in [1.54, 1.807) is 0 Å². The Morgan fingerprint density at radius 2 is 2.00 bits per heavy atom. The van der Waals surface area contributed by atoms with Crippen LogP contribution in [0.1, 0.15) is 25.8 Å². The fourth-order valence-electron chi connectivity index (χ4n) is 3.17. The molecule has 0 unspecified atom stereocenters. The summed E-state index contributed by atoms with van der Waals surface area (Å²) in [5, 5.41) is 1.34. The van der Waals surface area contributed by atoms with Gasteiger partial charge in [-0.05, 0) is 43.9 Å². The molecule has 1 aromatic rings. The molecule has 2 atom stereocenters. The van der Waals surface area contributed by atoms with Gasteiger partial charge in [-0.3, -0.25) is 4.90 Å².